The van der Waals surface area contributed by atoms with Crippen molar-refractivity contribution < 1.29 is 14.3 Å². The molecule has 0 saturated carbocycles. The summed E-state index contributed by atoms with van der Waals surface area (Å²) in [4.78, 5) is 35.1. The maximum atomic E-state index is 12.6. The second kappa shape index (κ2) is 8.77. The highest BCUT2D eigenvalue weighted by atomic mass is 16.5. The Morgan fingerprint density at radius 3 is 3.04 bits per heavy atom. The number of aromatic nitrogens is 3. The highest BCUT2D eigenvalue weighted by molar-refractivity contribution is 5.92. The van der Waals surface area contributed by atoms with E-state index in [9.17, 15) is 9.59 Å². The molecule has 1 aliphatic rings. The third-order valence-corrected chi connectivity index (χ3v) is 4.18. The van der Waals surface area contributed by atoms with Gasteiger partial charge in [0.1, 0.15) is 11.8 Å². The van der Waals surface area contributed by atoms with Crippen LogP contribution in [-0.2, 0) is 11.2 Å². The lowest BCUT2D eigenvalue weighted by atomic mass is 10.1. The molecule has 0 spiro atoms. The van der Waals surface area contributed by atoms with Crippen LogP contribution in [0.25, 0.3) is 0 Å². The summed E-state index contributed by atoms with van der Waals surface area (Å²) in [7, 11) is 0. The second-order valence-electron chi connectivity index (χ2n) is 6.96. The molecule has 0 aromatic carbocycles. The molecule has 1 fully saturated rings. The zero-order valence-electron chi connectivity index (χ0n) is 15.5. The fourth-order valence-corrected chi connectivity index (χ4v) is 2.98. The number of rotatable bonds is 6. The monoisotopic (exact) mass is 372 g/mol. The van der Waals surface area contributed by atoms with Gasteiger partial charge in [0.15, 0.2) is 0 Å². The smallest absolute Gasteiger partial charge is 0.345 e. The van der Waals surface area contributed by atoms with Gasteiger partial charge in [-0.3, -0.25) is 4.79 Å². The molecule has 2 atom stereocenters. The average Bonchev–Trinajstić information content (AvgIpc) is 2.63. The van der Waals surface area contributed by atoms with Crippen LogP contribution in [0, 0.1) is 5.92 Å². The lowest BCUT2D eigenvalue weighted by Crippen LogP contribution is -2.52. The minimum atomic E-state index is -0.528. The minimum absolute atomic E-state index is 0.0940. The summed E-state index contributed by atoms with van der Waals surface area (Å²) in [6, 6.07) is 6.68. The van der Waals surface area contributed by atoms with Crippen LogP contribution in [0.4, 0.5) is 0 Å². The quantitative estimate of drug-likeness (QED) is 0.792. The molecule has 27 heavy (non-hydrogen) atoms. The van der Waals surface area contributed by atoms with E-state index in [0.717, 1.165) is 0 Å². The minimum Gasteiger partial charge on any atom is -0.472 e. The van der Waals surface area contributed by atoms with Crippen molar-refractivity contribution in [3.63, 3.8) is 0 Å². The van der Waals surface area contributed by atoms with Gasteiger partial charge in [-0.25, -0.2) is 9.78 Å². The number of aromatic amines is 1. The predicted molar refractivity (Wildman–Crippen MR) is 98.7 cm³/mol. The fraction of sp³-hybridized carbons (Fsp3) is 0.474. The number of carbonyl (C=O) groups is 1. The van der Waals surface area contributed by atoms with Gasteiger partial charge in [-0.1, -0.05) is 19.9 Å². The van der Waals surface area contributed by atoms with Crippen LogP contribution in [0.1, 0.15) is 36.5 Å². The van der Waals surface area contributed by atoms with Crippen LogP contribution in [0.2, 0.25) is 0 Å². The van der Waals surface area contributed by atoms with Crippen LogP contribution < -0.4 is 15.7 Å². The van der Waals surface area contributed by atoms with E-state index in [-0.39, 0.29) is 17.8 Å². The van der Waals surface area contributed by atoms with Crippen LogP contribution in [0.3, 0.4) is 0 Å². The fourth-order valence-electron chi connectivity index (χ4n) is 2.98. The van der Waals surface area contributed by atoms with E-state index in [0.29, 0.717) is 43.5 Å². The third-order valence-electron chi connectivity index (χ3n) is 4.18. The average molecular weight is 372 g/mol. The topological polar surface area (TPSA) is 106 Å². The Morgan fingerprint density at radius 2 is 2.30 bits per heavy atom. The normalized spacial score (nSPS) is 19.7. The molecule has 0 aliphatic carbocycles. The van der Waals surface area contributed by atoms with Crippen molar-refractivity contribution in [1.29, 1.82) is 0 Å². The van der Waals surface area contributed by atoms with Gasteiger partial charge in [-0.15, -0.1) is 0 Å². The molecule has 2 N–H and O–H groups in total. The van der Waals surface area contributed by atoms with Crippen LogP contribution in [0.15, 0.2) is 35.3 Å². The number of nitrogens with zero attached hydrogens (tertiary/aromatic N) is 2. The van der Waals surface area contributed by atoms with E-state index in [1.807, 2.05) is 26.0 Å². The lowest BCUT2D eigenvalue weighted by molar-refractivity contribution is -0.00455. The van der Waals surface area contributed by atoms with Crippen molar-refractivity contribution in [3.8, 4) is 5.88 Å². The molecule has 8 nitrogen and oxygen atoms in total. The molecular formula is C19H24N4O4. The summed E-state index contributed by atoms with van der Waals surface area (Å²) >= 11 is 0. The number of nitrogens with one attached hydrogen (secondary N) is 2. The Balaban J connectivity index is 1.71. The number of pyridine rings is 1. The molecule has 3 heterocycles. The summed E-state index contributed by atoms with van der Waals surface area (Å²) in [5, 5.41) is 2.88. The van der Waals surface area contributed by atoms with E-state index in [1.54, 1.807) is 18.3 Å². The maximum Gasteiger partial charge on any atom is 0.345 e. The van der Waals surface area contributed by atoms with Crippen LogP contribution >= 0.6 is 0 Å². The van der Waals surface area contributed by atoms with E-state index >= 15 is 0 Å². The Bertz CT molecular complexity index is 822. The number of hydrogen-bond acceptors (Lipinski definition) is 6. The number of hydrogen-bond donors (Lipinski definition) is 2. The van der Waals surface area contributed by atoms with Gasteiger partial charge in [0, 0.05) is 24.4 Å². The summed E-state index contributed by atoms with van der Waals surface area (Å²) < 4.78 is 11.4. The summed E-state index contributed by atoms with van der Waals surface area (Å²) in [5.41, 5.74) is 0.257. The maximum absolute atomic E-state index is 12.6. The Labute approximate surface area is 157 Å². The zero-order chi connectivity index (χ0) is 19.2. The van der Waals surface area contributed by atoms with Gasteiger partial charge < -0.3 is 19.8 Å². The van der Waals surface area contributed by atoms with Gasteiger partial charge in [-0.2, -0.15) is 4.98 Å². The van der Waals surface area contributed by atoms with Crippen molar-refractivity contribution in [3.05, 3.63) is 52.3 Å². The molecular weight excluding hydrogens is 348 g/mol. The van der Waals surface area contributed by atoms with Crippen molar-refractivity contribution in [2.45, 2.75) is 38.8 Å². The van der Waals surface area contributed by atoms with Gasteiger partial charge in [0.05, 0.1) is 19.3 Å². The van der Waals surface area contributed by atoms with E-state index in [2.05, 4.69) is 20.3 Å². The largest absolute Gasteiger partial charge is 0.472 e. The third kappa shape index (κ3) is 5.37. The molecule has 2 aromatic heterocycles. The molecule has 1 amide bonds. The Kier molecular flexibility index (Phi) is 6.18. The number of H-pyrrole nitrogens is 1. The summed E-state index contributed by atoms with van der Waals surface area (Å²) in [5.74, 6) is 0.426. The van der Waals surface area contributed by atoms with Crippen LogP contribution in [0.5, 0.6) is 5.88 Å². The van der Waals surface area contributed by atoms with Gasteiger partial charge in [0.25, 0.3) is 5.91 Å². The first-order valence-corrected chi connectivity index (χ1v) is 9.08. The summed E-state index contributed by atoms with van der Waals surface area (Å²) in [6.07, 6.45) is 2.67. The number of carbonyl (C=O) groups excluding carboxylic acids is 1. The Morgan fingerprint density at radius 1 is 1.44 bits per heavy atom. The highest BCUT2D eigenvalue weighted by Crippen LogP contribution is 2.16. The molecule has 0 unspecified atom stereocenters. The molecule has 0 bridgehead atoms. The SMILES string of the molecule is CC(C)Cc1cc(C(=O)N[C@@H]2COCC[C@H]2Oc2ccccn2)nc(=O)[nH]1. The first-order chi connectivity index (χ1) is 13.0. The van der Waals surface area contributed by atoms with Gasteiger partial charge >= 0.3 is 5.69 Å². The molecule has 2 aromatic rings. The second-order valence-corrected chi connectivity index (χ2v) is 6.96. The number of amides is 1. The van der Waals surface area contributed by atoms with Crippen LogP contribution in [-0.4, -0.2) is 46.2 Å². The molecule has 1 saturated heterocycles. The first-order valence-electron chi connectivity index (χ1n) is 9.08. The Hall–Kier alpha value is -2.74. The van der Waals surface area contributed by atoms with Gasteiger partial charge in [0.2, 0.25) is 5.88 Å². The predicted octanol–water partition coefficient (Wildman–Crippen LogP) is 1.33. The molecule has 3 rings (SSSR count). The van der Waals surface area contributed by atoms with E-state index < -0.39 is 11.6 Å². The van der Waals surface area contributed by atoms with E-state index in [4.69, 9.17) is 9.47 Å². The highest BCUT2D eigenvalue weighted by Gasteiger charge is 2.30. The molecule has 144 valence electrons. The summed E-state index contributed by atoms with van der Waals surface area (Å²) in [6.45, 7) is 4.95. The van der Waals surface area contributed by atoms with E-state index in [1.165, 1.54) is 0 Å². The molecule has 8 heteroatoms. The van der Waals surface area contributed by atoms with Crippen molar-refractivity contribution in [1.82, 2.24) is 20.3 Å². The van der Waals surface area contributed by atoms with Crippen molar-refractivity contribution >= 4 is 5.91 Å². The number of ether oxygens (including phenoxy) is 2. The van der Waals surface area contributed by atoms with Crippen molar-refractivity contribution in [2.75, 3.05) is 13.2 Å². The molecule has 1 aliphatic heterocycles. The van der Waals surface area contributed by atoms with Crippen molar-refractivity contribution in [2.24, 2.45) is 5.92 Å². The standard InChI is InChI=1S/C19H24N4O4/c1-12(2)9-13-10-14(23-19(25)21-13)18(24)22-15-11-26-8-6-16(15)27-17-5-3-4-7-20-17/h3-5,7,10,12,15-16H,6,8-9,11H2,1-2H3,(H,22,24)(H,21,23,25)/t15-,16-/m1/s1. The zero-order valence-corrected chi connectivity index (χ0v) is 15.5. The molecule has 0 radical (unpaired) electrons. The van der Waals surface area contributed by atoms with Gasteiger partial charge in [-0.05, 0) is 24.5 Å². The lowest BCUT2D eigenvalue weighted by Gasteiger charge is -2.31. The first kappa shape index (κ1) is 19.0.